The fraction of sp³-hybridized carbons (Fsp3) is 0.571. The molecule has 0 saturated heterocycles. The molecule has 0 saturated carbocycles. The summed E-state index contributed by atoms with van der Waals surface area (Å²) in [6.45, 7) is 3.65. The summed E-state index contributed by atoms with van der Waals surface area (Å²) in [6, 6.07) is 0. The number of hydrogen-bond donors (Lipinski definition) is 2. The van der Waals surface area contributed by atoms with Crippen LogP contribution in [-0.2, 0) is 17.1 Å². The first-order valence-electron chi connectivity index (χ1n) is 3.92. The molecule has 1 aromatic rings. The lowest BCUT2D eigenvalue weighted by molar-refractivity contribution is 0.362. The van der Waals surface area contributed by atoms with E-state index in [0.29, 0.717) is 17.9 Å². The normalized spacial score (nSPS) is 12.0. The molecule has 6 heteroatoms. The van der Waals surface area contributed by atoms with Crippen molar-refractivity contribution in [2.45, 2.75) is 26.4 Å². The van der Waals surface area contributed by atoms with Crippen LogP contribution in [0.4, 0.5) is 0 Å². The summed E-state index contributed by atoms with van der Waals surface area (Å²) in [6.07, 6.45) is 0.258. The first-order valence-corrected chi connectivity index (χ1v) is 5.72. The quantitative estimate of drug-likeness (QED) is 0.725. The van der Waals surface area contributed by atoms with E-state index in [1.165, 1.54) is 0 Å². The Morgan fingerprint density at radius 2 is 2.15 bits per heavy atom. The first kappa shape index (κ1) is 10.4. The summed E-state index contributed by atoms with van der Waals surface area (Å²) in [5, 5.41) is 0. The highest BCUT2D eigenvalue weighted by atomic mass is 31.2. The van der Waals surface area contributed by atoms with Crippen LogP contribution in [-0.4, -0.2) is 14.8 Å². The van der Waals surface area contributed by atoms with Gasteiger partial charge in [0.2, 0.25) is 5.89 Å². The van der Waals surface area contributed by atoms with E-state index in [4.69, 9.17) is 14.2 Å². The van der Waals surface area contributed by atoms with E-state index in [9.17, 15) is 4.57 Å². The highest BCUT2D eigenvalue weighted by Gasteiger charge is 2.19. The molecule has 2 N–H and O–H groups in total. The van der Waals surface area contributed by atoms with Crippen LogP contribution in [0.1, 0.15) is 24.3 Å². The van der Waals surface area contributed by atoms with Crippen LogP contribution in [0.3, 0.4) is 0 Å². The molecule has 1 heterocycles. The van der Waals surface area contributed by atoms with Crippen LogP contribution < -0.4 is 0 Å². The average molecular weight is 205 g/mol. The number of rotatable bonds is 3. The third-order valence-corrected chi connectivity index (χ3v) is 2.28. The number of nitrogens with zero attached hydrogens (tertiary/aromatic N) is 1. The van der Waals surface area contributed by atoms with Crippen LogP contribution >= 0.6 is 7.60 Å². The van der Waals surface area contributed by atoms with Gasteiger partial charge in [-0.1, -0.05) is 6.92 Å². The van der Waals surface area contributed by atoms with E-state index in [0.717, 1.165) is 0 Å². The molecule has 0 atom stereocenters. The second-order valence-corrected chi connectivity index (χ2v) is 4.44. The van der Waals surface area contributed by atoms with E-state index in [1.807, 2.05) is 6.92 Å². The maximum atomic E-state index is 10.6. The molecule has 0 fully saturated rings. The topological polar surface area (TPSA) is 83.6 Å². The van der Waals surface area contributed by atoms with Gasteiger partial charge >= 0.3 is 7.60 Å². The van der Waals surface area contributed by atoms with E-state index in [2.05, 4.69) is 4.98 Å². The van der Waals surface area contributed by atoms with Gasteiger partial charge < -0.3 is 14.2 Å². The second-order valence-electron chi connectivity index (χ2n) is 2.79. The molecule has 0 aliphatic heterocycles. The first-order chi connectivity index (χ1) is 5.92. The predicted molar refractivity (Wildman–Crippen MR) is 46.4 cm³/mol. The van der Waals surface area contributed by atoms with E-state index in [-0.39, 0.29) is 5.89 Å². The fourth-order valence-corrected chi connectivity index (χ4v) is 1.55. The van der Waals surface area contributed by atoms with Gasteiger partial charge in [-0.3, -0.25) is 4.57 Å². The number of oxazole rings is 1. The van der Waals surface area contributed by atoms with Gasteiger partial charge in [0.05, 0.1) is 5.69 Å². The molecule has 1 aromatic heterocycles. The molecule has 0 aliphatic carbocycles. The Morgan fingerprint density at radius 3 is 2.54 bits per heavy atom. The molecule has 0 aromatic carbocycles. The number of aryl methyl sites for hydroxylation is 2. The molecule has 74 valence electrons. The van der Waals surface area contributed by atoms with Crippen molar-refractivity contribution in [2.75, 3.05) is 0 Å². The van der Waals surface area contributed by atoms with Gasteiger partial charge in [0.25, 0.3) is 0 Å². The molecule has 0 radical (unpaired) electrons. The highest BCUT2D eigenvalue weighted by molar-refractivity contribution is 7.50. The Morgan fingerprint density at radius 1 is 1.54 bits per heavy atom. The maximum Gasteiger partial charge on any atom is 0.334 e. The van der Waals surface area contributed by atoms with Crippen molar-refractivity contribution in [3.63, 3.8) is 0 Å². The molecule has 0 amide bonds. The largest absolute Gasteiger partial charge is 0.445 e. The van der Waals surface area contributed by atoms with Gasteiger partial charge in [0.15, 0.2) is 0 Å². The number of aromatic nitrogens is 1. The summed E-state index contributed by atoms with van der Waals surface area (Å²) in [5.74, 6) is 0.797. The third-order valence-electron chi connectivity index (χ3n) is 1.60. The monoisotopic (exact) mass is 205 g/mol. The summed E-state index contributed by atoms with van der Waals surface area (Å²) in [5.41, 5.74) is 0.700. The SMILES string of the molecule is CCc1oc(CP(=O)(O)O)nc1C. The molecule has 0 spiro atoms. The fourth-order valence-electron chi connectivity index (χ4n) is 1.06. The summed E-state index contributed by atoms with van der Waals surface area (Å²) in [7, 11) is -4.06. The Labute approximate surface area is 76.0 Å². The van der Waals surface area contributed by atoms with Crippen molar-refractivity contribution in [3.05, 3.63) is 17.3 Å². The Hall–Kier alpha value is -0.640. The van der Waals surface area contributed by atoms with Crippen LogP contribution in [0.5, 0.6) is 0 Å². The standard InChI is InChI=1S/C7H12NO4P/c1-3-6-5(2)8-7(12-6)4-13(9,10)11/h3-4H2,1-2H3,(H2,9,10,11). The van der Waals surface area contributed by atoms with Crippen molar-refractivity contribution < 1.29 is 18.8 Å². The van der Waals surface area contributed by atoms with Crippen molar-refractivity contribution in [2.24, 2.45) is 0 Å². The maximum absolute atomic E-state index is 10.6. The summed E-state index contributed by atoms with van der Waals surface area (Å²) < 4.78 is 15.7. The third kappa shape index (κ3) is 2.95. The van der Waals surface area contributed by atoms with Gasteiger partial charge in [-0.05, 0) is 6.92 Å². The molecular formula is C7H12NO4P. The van der Waals surface area contributed by atoms with Gasteiger partial charge in [-0.25, -0.2) is 4.98 Å². The lowest BCUT2D eigenvalue weighted by Crippen LogP contribution is -1.86. The van der Waals surface area contributed by atoms with Crippen LogP contribution in [0.2, 0.25) is 0 Å². The molecule has 0 unspecified atom stereocenters. The van der Waals surface area contributed by atoms with E-state index < -0.39 is 13.8 Å². The van der Waals surface area contributed by atoms with Crippen molar-refractivity contribution in [3.8, 4) is 0 Å². The zero-order valence-electron chi connectivity index (χ0n) is 7.52. The summed E-state index contributed by atoms with van der Waals surface area (Å²) in [4.78, 5) is 21.2. The summed E-state index contributed by atoms with van der Waals surface area (Å²) >= 11 is 0. The molecule has 0 bridgehead atoms. The van der Waals surface area contributed by atoms with Crippen molar-refractivity contribution in [1.82, 2.24) is 4.98 Å². The average Bonchev–Trinajstić information content (AvgIpc) is 2.26. The molecular weight excluding hydrogens is 193 g/mol. The van der Waals surface area contributed by atoms with Crippen LogP contribution in [0.15, 0.2) is 4.42 Å². The Bertz CT molecular complexity index is 340. The highest BCUT2D eigenvalue weighted by Crippen LogP contribution is 2.38. The lowest BCUT2D eigenvalue weighted by Gasteiger charge is -1.97. The minimum atomic E-state index is -4.06. The Kier molecular flexibility index (Phi) is 2.91. The minimum Gasteiger partial charge on any atom is -0.445 e. The van der Waals surface area contributed by atoms with E-state index >= 15 is 0 Å². The van der Waals surface area contributed by atoms with Gasteiger partial charge in [0, 0.05) is 6.42 Å². The van der Waals surface area contributed by atoms with Gasteiger partial charge in [0.1, 0.15) is 11.9 Å². The molecule has 5 nitrogen and oxygen atoms in total. The van der Waals surface area contributed by atoms with Gasteiger partial charge in [-0.2, -0.15) is 0 Å². The van der Waals surface area contributed by atoms with Crippen LogP contribution in [0.25, 0.3) is 0 Å². The Balaban J connectivity index is 2.86. The minimum absolute atomic E-state index is 0.114. The molecule has 13 heavy (non-hydrogen) atoms. The van der Waals surface area contributed by atoms with Gasteiger partial charge in [-0.15, -0.1) is 0 Å². The van der Waals surface area contributed by atoms with Crippen molar-refractivity contribution in [1.29, 1.82) is 0 Å². The van der Waals surface area contributed by atoms with E-state index in [1.54, 1.807) is 6.92 Å². The van der Waals surface area contributed by atoms with Crippen molar-refractivity contribution >= 4 is 7.60 Å². The zero-order chi connectivity index (χ0) is 10.1. The van der Waals surface area contributed by atoms with Crippen LogP contribution in [0, 0.1) is 6.92 Å². The number of hydrogen-bond acceptors (Lipinski definition) is 3. The predicted octanol–water partition coefficient (Wildman–Crippen LogP) is 1.22. The molecule has 1 rings (SSSR count). The zero-order valence-corrected chi connectivity index (χ0v) is 8.41. The smallest absolute Gasteiger partial charge is 0.334 e. The molecule has 0 aliphatic rings. The second kappa shape index (κ2) is 3.62. The lowest BCUT2D eigenvalue weighted by atomic mass is 10.3.